The molecule has 0 bridgehead atoms. The summed E-state index contributed by atoms with van der Waals surface area (Å²) in [5.74, 6) is -0.731. The molecular formula is C21H25FN4O3. The van der Waals surface area contributed by atoms with Crippen molar-refractivity contribution in [2.45, 2.75) is 45.8 Å². The average molecular weight is 400 g/mol. The summed E-state index contributed by atoms with van der Waals surface area (Å²) in [5, 5.41) is 10.7. The Bertz CT molecular complexity index is 896. The minimum Gasteiger partial charge on any atom is -0.444 e. The van der Waals surface area contributed by atoms with Gasteiger partial charge < -0.3 is 15.0 Å². The summed E-state index contributed by atoms with van der Waals surface area (Å²) in [5.41, 5.74) is 0.133. The number of benzene rings is 1. The summed E-state index contributed by atoms with van der Waals surface area (Å²) in [6, 6.07) is 9.17. The van der Waals surface area contributed by atoms with E-state index in [0.717, 1.165) is 0 Å². The topological polar surface area (TPSA) is 84.4 Å². The van der Waals surface area contributed by atoms with Gasteiger partial charge >= 0.3 is 6.09 Å². The second-order valence-electron chi connectivity index (χ2n) is 8.08. The number of likely N-dealkylation sites (tertiary alicyclic amines) is 1. The lowest BCUT2D eigenvalue weighted by atomic mass is 10.0. The maximum Gasteiger partial charge on any atom is 0.410 e. The highest BCUT2D eigenvalue weighted by molar-refractivity contribution is 5.93. The van der Waals surface area contributed by atoms with E-state index in [-0.39, 0.29) is 29.5 Å². The molecule has 2 aromatic rings. The van der Waals surface area contributed by atoms with Crippen molar-refractivity contribution in [3.8, 4) is 11.3 Å². The van der Waals surface area contributed by atoms with E-state index in [4.69, 9.17) is 4.74 Å². The van der Waals surface area contributed by atoms with Crippen molar-refractivity contribution in [3.63, 3.8) is 0 Å². The minimum atomic E-state index is -0.591. The average Bonchev–Trinajstić information content (AvgIpc) is 3.03. The van der Waals surface area contributed by atoms with Crippen LogP contribution in [0.25, 0.3) is 11.3 Å². The number of amides is 2. The monoisotopic (exact) mass is 400 g/mol. The van der Waals surface area contributed by atoms with Crippen LogP contribution in [0, 0.1) is 11.7 Å². The molecule has 29 heavy (non-hydrogen) atoms. The van der Waals surface area contributed by atoms with Crippen LogP contribution in [0.4, 0.5) is 15.0 Å². The first-order valence-electron chi connectivity index (χ1n) is 9.55. The van der Waals surface area contributed by atoms with Crippen molar-refractivity contribution in [1.29, 1.82) is 0 Å². The summed E-state index contributed by atoms with van der Waals surface area (Å²) in [4.78, 5) is 26.6. The van der Waals surface area contributed by atoms with Crippen molar-refractivity contribution in [2.24, 2.45) is 5.92 Å². The molecule has 2 unspecified atom stereocenters. The van der Waals surface area contributed by atoms with E-state index in [1.807, 2.05) is 6.92 Å². The van der Waals surface area contributed by atoms with E-state index in [0.29, 0.717) is 24.2 Å². The molecule has 154 valence electrons. The number of carbonyl (C=O) groups excluding carboxylic acids is 2. The first kappa shape index (κ1) is 20.7. The summed E-state index contributed by atoms with van der Waals surface area (Å²) < 4.78 is 19.3. The highest BCUT2D eigenvalue weighted by atomic mass is 19.1. The van der Waals surface area contributed by atoms with E-state index < -0.39 is 11.7 Å². The van der Waals surface area contributed by atoms with Gasteiger partial charge in [-0.3, -0.25) is 4.79 Å². The second-order valence-corrected chi connectivity index (χ2v) is 8.08. The van der Waals surface area contributed by atoms with Gasteiger partial charge in [0.2, 0.25) is 5.91 Å². The maximum absolute atomic E-state index is 13.9. The number of nitrogens with zero attached hydrogens (tertiary/aromatic N) is 3. The van der Waals surface area contributed by atoms with Gasteiger partial charge in [0.15, 0.2) is 5.82 Å². The Labute approximate surface area is 169 Å². The Morgan fingerprint density at radius 2 is 1.90 bits per heavy atom. The summed E-state index contributed by atoms with van der Waals surface area (Å²) in [7, 11) is 0. The van der Waals surface area contributed by atoms with Crippen LogP contribution in [-0.4, -0.2) is 45.3 Å². The van der Waals surface area contributed by atoms with Gasteiger partial charge in [0.25, 0.3) is 0 Å². The molecular weight excluding hydrogens is 375 g/mol. The summed E-state index contributed by atoms with van der Waals surface area (Å²) in [6.07, 6.45) is 0.113. The largest absolute Gasteiger partial charge is 0.444 e. The molecule has 1 saturated heterocycles. The number of rotatable bonds is 3. The van der Waals surface area contributed by atoms with Crippen molar-refractivity contribution < 1.29 is 18.7 Å². The predicted molar refractivity (Wildman–Crippen MR) is 107 cm³/mol. The van der Waals surface area contributed by atoms with Crippen LogP contribution in [0.5, 0.6) is 0 Å². The number of nitrogens with one attached hydrogen (secondary N) is 1. The number of ether oxygens (including phenoxy) is 1. The van der Waals surface area contributed by atoms with E-state index in [1.165, 1.54) is 6.07 Å². The zero-order valence-electron chi connectivity index (χ0n) is 17.0. The Balaban J connectivity index is 1.63. The molecule has 0 spiro atoms. The first-order chi connectivity index (χ1) is 13.7. The minimum absolute atomic E-state index is 0.239. The molecule has 2 amide bonds. The van der Waals surface area contributed by atoms with Gasteiger partial charge in [-0.15, -0.1) is 10.2 Å². The number of carbonyl (C=O) groups is 2. The van der Waals surface area contributed by atoms with Gasteiger partial charge in [-0.05, 0) is 58.4 Å². The zero-order valence-corrected chi connectivity index (χ0v) is 17.0. The number of halogens is 1. The lowest BCUT2D eigenvalue weighted by Crippen LogP contribution is -2.41. The Morgan fingerprint density at radius 3 is 2.52 bits per heavy atom. The molecule has 2 atom stereocenters. The molecule has 1 aromatic carbocycles. The maximum atomic E-state index is 13.9. The SMILES string of the molecule is CC1C(C(=O)Nc2ccc(-c3ccccc3F)nn2)CCN1C(=O)OC(C)(C)C. The van der Waals surface area contributed by atoms with Gasteiger partial charge in [0.1, 0.15) is 11.4 Å². The third-order valence-electron chi connectivity index (χ3n) is 4.79. The standard InChI is InChI=1S/C21H25FN4O3/c1-13-14(11-12-26(13)20(28)29-21(2,3)4)19(27)23-18-10-9-17(24-25-18)15-7-5-6-8-16(15)22/h5-10,13-14H,11-12H2,1-4H3,(H,23,25,27). The summed E-state index contributed by atoms with van der Waals surface area (Å²) in [6.45, 7) is 7.69. The number of anilines is 1. The Morgan fingerprint density at radius 1 is 1.17 bits per heavy atom. The molecule has 7 nitrogen and oxygen atoms in total. The van der Waals surface area contributed by atoms with Crippen LogP contribution in [0.3, 0.4) is 0 Å². The molecule has 1 aliphatic heterocycles. The predicted octanol–water partition coefficient (Wildman–Crippen LogP) is 3.87. The normalized spacial score (nSPS) is 19.1. The molecule has 0 aliphatic carbocycles. The lowest BCUT2D eigenvalue weighted by Gasteiger charge is -2.28. The second kappa shape index (κ2) is 8.14. The van der Waals surface area contributed by atoms with Crippen LogP contribution in [0.2, 0.25) is 0 Å². The highest BCUT2D eigenvalue weighted by Gasteiger charge is 2.40. The van der Waals surface area contributed by atoms with E-state index in [1.54, 1.807) is 56.0 Å². The Kier molecular flexibility index (Phi) is 5.81. The molecule has 1 N–H and O–H groups in total. The zero-order chi connectivity index (χ0) is 21.2. The quantitative estimate of drug-likeness (QED) is 0.846. The van der Waals surface area contributed by atoms with E-state index in [2.05, 4.69) is 15.5 Å². The van der Waals surface area contributed by atoms with Crippen molar-refractivity contribution in [1.82, 2.24) is 15.1 Å². The van der Waals surface area contributed by atoms with Crippen molar-refractivity contribution in [3.05, 3.63) is 42.2 Å². The molecule has 1 fully saturated rings. The third kappa shape index (κ3) is 4.88. The van der Waals surface area contributed by atoms with Gasteiger partial charge in [-0.2, -0.15) is 0 Å². The van der Waals surface area contributed by atoms with Crippen LogP contribution in [-0.2, 0) is 9.53 Å². The van der Waals surface area contributed by atoms with Crippen molar-refractivity contribution >= 4 is 17.8 Å². The van der Waals surface area contributed by atoms with Crippen LogP contribution < -0.4 is 5.32 Å². The number of hydrogen-bond acceptors (Lipinski definition) is 5. The fraction of sp³-hybridized carbons (Fsp3) is 0.429. The molecule has 2 heterocycles. The molecule has 8 heteroatoms. The Hall–Kier alpha value is -3.03. The van der Waals surface area contributed by atoms with E-state index >= 15 is 0 Å². The van der Waals surface area contributed by atoms with Crippen molar-refractivity contribution in [2.75, 3.05) is 11.9 Å². The number of aromatic nitrogens is 2. The van der Waals surface area contributed by atoms with Crippen LogP contribution in [0.1, 0.15) is 34.1 Å². The molecule has 1 aliphatic rings. The van der Waals surface area contributed by atoms with Gasteiger partial charge in [-0.25, -0.2) is 9.18 Å². The molecule has 0 radical (unpaired) electrons. The molecule has 3 rings (SSSR count). The fourth-order valence-electron chi connectivity index (χ4n) is 3.30. The fourth-order valence-corrected chi connectivity index (χ4v) is 3.30. The smallest absolute Gasteiger partial charge is 0.410 e. The van der Waals surface area contributed by atoms with Crippen LogP contribution in [0.15, 0.2) is 36.4 Å². The lowest BCUT2D eigenvalue weighted by molar-refractivity contribution is -0.120. The van der Waals surface area contributed by atoms with Crippen LogP contribution >= 0.6 is 0 Å². The molecule has 0 saturated carbocycles. The van der Waals surface area contributed by atoms with Gasteiger partial charge in [-0.1, -0.05) is 12.1 Å². The third-order valence-corrected chi connectivity index (χ3v) is 4.79. The summed E-state index contributed by atoms with van der Waals surface area (Å²) >= 11 is 0. The molecule has 1 aromatic heterocycles. The first-order valence-corrected chi connectivity index (χ1v) is 9.55. The number of hydrogen-bond donors (Lipinski definition) is 1. The van der Waals surface area contributed by atoms with E-state index in [9.17, 15) is 14.0 Å². The highest BCUT2D eigenvalue weighted by Crippen LogP contribution is 2.27. The van der Waals surface area contributed by atoms with Gasteiger partial charge in [0, 0.05) is 18.2 Å². The van der Waals surface area contributed by atoms with Gasteiger partial charge in [0.05, 0.1) is 11.6 Å².